The van der Waals surface area contributed by atoms with Gasteiger partial charge in [0.05, 0.1) is 12.1 Å². The Bertz CT molecular complexity index is 557. The van der Waals surface area contributed by atoms with E-state index < -0.39 is 23.7 Å². The Labute approximate surface area is 143 Å². The minimum Gasteiger partial charge on any atom is -0.467 e. The Morgan fingerprint density at radius 3 is 2.50 bits per heavy atom. The number of alkyl carbamates (subject to hydrolysis) is 1. The van der Waals surface area contributed by atoms with Crippen LogP contribution in [0.2, 0.25) is 5.02 Å². The van der Waals surface area contributed by atoms with Crippen molar-refractivity contribution >= 4 is 39.6 Å². The summed E-state index contributed by atoms with van der Waals surface area (Å²) >= 11 is 9.33. The highest BCUT2D eigenvalue weighted by atomic mass is 79.9. The molecule has 1 atom stereocenters. The molecule has 0 spiro atoms. The van der Waals surface area contributed by atoms with Crippen molar-refractivity contribution < 1.29 is 19.1 Å². The highest BCUT2D eigenvalue weighted by molar-refractivity contribution is 9.10. The second-order valence-corrected chi connectivity index (χ2v) is 6.94. The van der Waals surface area contributed by atoms with Crippen molar-refractivity contribution in [2.24, 2.45) is 0 Å². The van der Waals surface area contributed by atoms with Crippen LogP contribution in [-0.2, 0) is 20.7 Å². The van der Waals surface area contributed by atoms with Crippen LogP contribution in [0.15, 0.2) is 22.7 Å². The van der Waals surface area contributed by atoms with Crippen molar-refractivity contribution in [3.63, 3.8) is 0 Å². The van der Waals surface area contributed by atoms with Crippen molar-refractivity contribution in [2.75, 3.05) is 7.11 Å². The molecule has 1 N–H and O–H groups in total. The van der Waals surface area contributed by atoms with Gasteiger partial charge in [-0.25, -0.2) is 9.59 Å². The number of benzene rings is 1. The fourth-order valence-electron chi connectivity index (χ4n) is 1.69. The maximum absolute atomic E-state index is 11.8. The van der Waals surface area contributed by atoms with Crippen molar-refractivity contribution in [3.05, 3.63) is 33.3 Å². The summed E-state index contributed by atoms with van der Waals surface area (Å²) in [6.07, 6.45) is -0.426. The first-order valence-electron chi connectivity index (χ1n) is 6.63. The Balaban J connectivity index is 2.82. The quantitative estimate of drug-likeness (QED) is 0.793. The van der Waals surface area contributed by atoms with Gasteiger partial charge in [-0.05, 0) is 54.4 Å². The SMILES string of the molecule is COC(=O)C(Cc1ccc(Br)c(Cl)c1)NC(=O)OC(C)(C)C. The van der Waals surface area contributed by atoms with E-state index in [2.05, 4.69) is 21.2 Å². The van der Waals surface area contributed by atoms with Crippen LogP contribution in [0.25, 0.3) is 0 Å². The molecule has 0 saturated carbocycles. The lowest BCUT2D eigenvalue weighted by atomic mass is 10.1. The Hall–Kier alpha value is -1.27. The van der Waals surface area contributed by atoms with Crippen LogP contribution >= 0.6 is 27.5 Å². The van der Waals surface area contributed by atoms with Crippen LogP contribution in [0.5, 0.6) is 0 Å². The first kappa shape index (κ1) is 18.8. The lowest BCUT2D eigenvalue weighted by Gasteiger charge is -2.22. The van der Waals surface area contributed by atoms with E-state index in [9.17, 15) is 9.59 Å². The second-order valence-electron chi connectivity index (χ2n) is 5.67. The molecular formula is C15H19BrClNO4. The summed E-state index contributed by atoms with van der Waals surface area (Å²) in [5, 5.41) is 3.04. The number of rotatable bonds is 4. The van der Waals surface area contributed by atoms with E-state index in [1.165, 1.54) is 7.11 Å². The zero-order chi connectivity index (χ0) is 16.9. The zero-order valence-electron chi connectivity index (χ0n) is 12.9. The van der Waals surface area contributed by atoms with Gasteiger partial charge in [0.15, 0.2) is 0 Å². The normalized spacial score (nSPS) is 12.5. The number of methoxy groups -OCH3 is 1. The molecule has 1 aromatic rings. The van der Waals surface area contributed by atoms with E-state index in [1.54, 1.807) is 32.9 Å². The number of ether oxygens (including phenoxy) is 2. The molecule has 7 heteroatoms. The molecule has 0 heterocycles. The summed E-state index contributed by atoms with van der Waals surface area (Å²) in [5.41, 5.74) is 0.144. The molecule has 0 aliphatic carbocycles. The molecule has 0 fully saturated rings. The van der Waals surface area contributed by atoms with Gasteiger partial charge in [-0.15, -0.1) is 0 Å². The lowest BCUT2D eigenvalue weighted by Crippen LogP contribution is -2.45. The van der Waals surface area contributed by atoms with Crippen LogP contribution in [-0.4, -0.2) is 30.8 Å². The number of hydrogen-bond acceptors (Lipinski definition) is 4. The smallest absolute Gasteiger partial charge is 0.408 e. The molecule has 22 heavy (non-hydrogen) atoms. The van der Waals surface area contributed by atoms with E-state index in [0.717, 1.165) is 10.0 Å². The number of carbonyl (C=O) groups excluding carboxylic acids is 2. The van der Waals surface area contributed by atoms with Crippen molar-refractivity contribution in [1.29, 1.82) is 0 Å². The third-order valence-corrected chi connectivity index (χ3v) is 3.83. The molecule has 1 aromatic carbocycles. The minimum absolute atomic E-state index is 0.249. The fourth-order valence-corrected chi connectivity index (χ4v) is 2.14. The summed E-state index contributed by atoms with van der Waals surface area (Å²) in [6.45, 7) is 5.23. The Morgan fingerprint density at radius 2 is 2.00 bits per heavy atom. The zero-order valence-corrected chi connectivity index (χ0v) is 15.2. The highest BCUT2D eigenvalue weighted by Gasteiger charge is 2.25. The van der Waals surface area contributed by atoms with Gasteiger partial charge in [-0.1, -0.05) is 17.7 Å². The van der Waals surface area contributed by atoms with Gasteiger partial charge in [-0.3, -0.25) is 0 Å². The van der Waals surface area contributed by atoms with Gasteiger partial charge >= 0.3 is 12.1 Å². The summed E-state index contributed by atoms with van der Waals surface area (Å²) in [4.78, 5) is 23.7. The molecule has 5 nitrogen and oxygen atoms in total. The third-order valence-electron chi connectivity index (χ3n) is 2.60. The van der Waals surface area contributed by atoms with E-state index in [4.69, 9.17) is 21.1 Å². The van der Waals surface area contributed by atoms with E-state index >= 15 is 0 Å². The van der Waals surface area contributed by atoms with Crippen molar-refractivity contribution in [2.45, 2.75) is 38.8 Å². The van der Waals surface area contributed by atoms with Crippen LogP contribution in [0.1, 0.15) is 26.3 Å². The largest absolute Gasteiger partial charge is 0.467 e. The number of esters is 1. The van der Waals surface area contributed by atoms with Crippen LogP contribution in [0, 0.1) is 0 Å². The highest BCUT2D eigenvalue weighted by Crippen LogP contribution is 2.24. The first-order chi connectivity index (χ1) is 10.1. The maximum Gasteiger partial charge on any atom is 0.408 e. The minimum atomic E-state index is -0.850. The monoisotopic (exact) mass is 391 g/mol. The van der Waals surface area contributed by atoms with Gasteiger partial charge in [-0.2, -0.15) is 0 Å². The van der Waals surface area contributed by atoms with E-state index in [-0.39, 0.29) is 6.42 Å². The molecule has 122 valence electrons. The summed E-state index contributed by atoms with van der Waals surface area (Å²) in [7, 11) is 1.26. The Morgan fingerprint density at radius 1 is 1.36 bits per heavy atom. The van der Waals surface area contributed by atoms with Gasteiger partial charge in [0.2, 0.25) is 0 Å². The number of hydrogen-bond donors (Lipinski definition) is 1. The predicted molar refractivity (Wildman–Crippen MR) is 88.0 cm³/mol. The number of nitrogens with one attached hydrogen (secondary N) is 1. The van der Waals surface area contributed by atoms with Gasteiger partial charge in [0.25, 0.3) is 0 Å². The molecule has 0 aliphatic rings. The lowest BCUT2D eigenvalue weighted by molar-refractivity contribution is -0.143. The molecular weight excluding hydrogens is 374 g/mol. The molecule has 0 saturated heterocycles. The molecule has 1 amide bonds. The maximum atomic E-state index is 11.8. The van der Waals surface area contributed by atoms with Crippen LogP contribution in [0.4, 0.5) is 4.79 Å². The topological polar surface area (TPSA) is 64.6 Å². The summed E-state index contributed by atoms with van der Waals surface area (Å²) < 4.78 is 10.6. The summed E-state index contributed by atoms with van der Waals surface area (Å²) in [5.74, 6) is -0.551. The van der Waals surface area contributed by atoms with Gasteiger partial charge in [0.1, 0.15) is 11.6 Å². The average Bonchev–Trinajstić information content (AvgIpc) is 2.39. The van der Waals surface area contributed by atoms with E-state index in [1.807, 2.05) is 6.07 Å². The number of halogens is 2. The molecule has 0 radical (unpaired) electrons. The number of carbonyl (C=O) groups is 2. The van der Waals surface area contributed by atoms with Crippen LogP contribution in [0.3, 0.4) is 0 Å². The van der Waals surface area contributed by atoms with Gasteiger partial charge < -0.3 is 14.8 Å². The third kappa shape index (κ3) is 6.23. The Kier molecular flexibility index (Phi) is 6.68. The number of amides is 1. The van der Waals surface area contributed by atoms with Crippen molar-refractivity contribution in [1.82, 2.24) is 5.32 Å². The first-order valence-corrected chi connectivity index (χ1v) is 7.80. The van der Waals surface area contributed by atoms with Gasteiger partial charge in [0, 0.05) is 10.9 Å². The molecule has 0 aromatic heterocycles. The fraction of sp³-hybridized carbons (Fsp3) is 0.467. The van der Waals surface area contributed by atoms with Crippen molar-refractivity contribution in [3.8, 4) is 0 Å². The predicted octanol–water partition coefficient (Wildman–Crippen LogP) is 3.71. The van der Waals surface area contributed by atoms with E-state index in [0.29, 0.717) is 5.02 Å². The summed E-state index contributed by atoms with van der Waals surface area (Å²) in [6, 6.07) is 4.46. The molecule has 0 bridgehead atoms. The second kappa shape index (κ2) is 7.83. The van der Waals surface area contributed by atoms with Crippen LogP contribution < -0.4 is 5.32 Å². The molecule has 1 rings (SSSR count). The molecule has 1 unspecified atom stereocenters. The standard InChI is InChI=1S/C15H19BrClNO4/c1-15(2,3)22-14(20)18-12(13(19)21-4)8-9-5-6-10(16)11(17)7-9/h5-7,12H,8H2,1-4H3,(H,18,20). The molecule has 0 aliphatic heterocycles. The average molecular weight is 393 g/mol.